The van der Waals surface area contributed by atoms with E-state index in [9.17, 15) is 5.11 Å². The Balaban J connectivity index is 2.61. The predicted octanol–water partition coefficient (Wildman–Crippen LogP) is 3.56. The van der Waals surface area contributed by atoms with Crippen LogP contribution in [-0.4, -0.2) is 31.0 Å². The van der Waals surface area contributed by atoms with Gasteiger partial charge in [-0.05, 0) is 31.0 Å². The number of benzene rings is 1. The standard InChI is InChI=1S/C16H26ClNO2/c1-4-5-15(13-6-8-14(17)9-7-13)18-12-16(2,19)10-11-20-3/h6-9,15,18-19H,4-5,10-12H2,1-3H3. The first-order valence-corrected chi connectivity index (χ1v) is 7.56. The highest BCUT2D eigenvalue weighted by Crippen LogP contribution is 2.21. The van der Waals surface area contributed by atoms with Crippen LogP contribution in [0, 0.1) is 0 Å². The molecule has 4 heteroatoms. The molecule has 0 saturated carbocycles. The summed E-state index contributed by atoms with van der Waals surface area (Å²) >= 11 is 5.93. The summed E-state index contributed by atoms with van der Waals surface area (Å²) in [7, 11) is 1.65. The summed E-state index contributed by atoms with van der Waals surface area (Å²) in [4.78, 5) is 0. The molecule has 2 unspecified atom stereocenters. The first kappa shape index (κ1) is 17.4. The zero-order valence-electron chi connectivity index (χ0n) is 12.7. The normalized spacial score (nSPS) is 15.8. The van der Waals surface area contributed by atoms with E-state index in [2.05, 4.69) is 12.2 Å². The number of ether oxygens (including phenoxy) is 1. The van der Waals surface area contributed by atoms with E-state index >= 15 is 0 Å². The Morgan fingerprint density at radius 1 is 1.35 bits per heavy atom. The zero-order chi connectivity index (χ0) is 15.0. The van der Waals surface area contributed by atoms with Crippen molar-refractivity contribution in [1.29, 1.82) is 0 Å². The minimum atomic E-state index is -0.756. The van der Waals surface area contributed by atoms with Gasteiger partial charge in [-0.25, -0.2) is 0 Å². The van der Waals surface area contributed by atoms with Gasteiger partial charge in [-0.3, -0.25) is 0 Å². The molecule has 0 bridgehead atoms. The molecular weight excluding hydrogens is 274 g/mol. The number of hydrogen-bond donors (Lipinski definition) is 2. The SMILES string of the molecule is CCCC(NCC(C)(O)CCOC)c1ccc(Cl)cc1. The van der Waals surface area contributed by atoms with Crippen LogP contribution in [0.5, 0.6) is 0 Å². The second-order valence-corrected chi connectivity index (χ2v) is 5.95. The highest BCUT2D eigenvalue weighted by molar-refractivity contribution is 6.30. The van der Waals surface area contributed by atoms with Crippen LogP contribution in [0.2, 0.25) is 5.02 Å². The van der Waals surface area contributed by atoms with Crippen LogP contribution in [0.3, 0.4) is 0 Å². The fourth-order valence-electron chi connectivity index (χ4n) is 2.12. The summed E-state index contributed by atoms with van der Waals surface area (Å²) in [5.74, 6) is 0. The third-order valence-corrected chi connectivity index (χ3v) is 3.68. The summed E-state index contributed by atoms with van der Waals surface area (Å²) in [6, 6.07) is 8.14. The molecule has 2 atom stereocenters. The predicted molar refractivity (Wildman–Crippen MR) is 84.2 cm³/mol. The van der Waals surface area contributed by atoms with Crippen molar-refractivity contribution in [2.24, 2.45) is 0 Å². The summed E-state index contributed by atoms with van der Waals surface area (Å²) < 4.78 is 5.03. The Morgan fingerprint density at radius 3 is 2.55 bits per heavy atom. The molecule has 0 amide bonds. The number of rotatable bonds is 9. The Labute approximate surface area is 127 Å². The molecular formula is C16H26ClNO2. The molecule has 1 rings (SSSR count). The molecule has 20 heavy (non-hydrogen) atoms. The van der Waals surface area contributed by atoms with Crippen molar-refractivity contribution < 1.29 is 9.84 Å². The van der Waals surface area contributed by atoms with Gasteiger partial charge in [0, 0.05) is 37.7 Å². The third kappa shape index (κ3) is 6.23. The lowest BCUT2D eigenvalue weighted by atomic mass is 9.99. The van der Waals surface area contributed by atoms with Gasteiger partial charge in [0.1, 0.15) is 0 Å². The van der Waals surface area contributed by atoms with Crippen molar-refractivity contribution >= 4 is 11.6 Å². The fraction of sp³-hybridized carbons (Fsp3) is 0.625. The molecule has 0 aliphatic carbocycles. The third-order valence-electron chi connectivity index (χ3n) is 3.42. The number of methoxy groups -OCH3 is 1. The van der Waals surface area contributed by atoms with Gasteiger partial charge >= 0.3 is 0 Å². The molecule has 0 radical (unpaired) electrons. The molecule has 3 nitrogen and oxygen atoms in total. The highest BCUT2D eigenvalue weighted by atomic mass is 35.5. The molecule has 0 aliphatic heterocycles. The van der Waals surface area contributed by atoms with Gasteiger partial charge in [-0.15, -0.1) is 0 Å². The van der Waals surface area contributed by atoms with E-state index in [0.29, 0.717) is 19.6 Å². The molecule has 114 valence electrons. The van der Waals surface area contributed by atoms with Crippen LogP contribution in [0.15, 0.2) is 24.3 Å². The molecule has 0 aliphatic rings. The van der Waals surface area contributed by atoms with E-state index < -0.39 is 5.60 Å². The van der Waals surface area contributed by atoms with Crippen LogP contribution < -0.4 is 5.32 Å². The van der Waals surface area contributed by atoms with Gasteiger partial charge < -0.3 is 15.2 Å². The van der Waals surface area contributed by atoms with E-state index in [1.165, 1.54) is 5.56 Å². The topological polar surface area (TPSA) is 41.5 Å². The molecule has 1 aromatic rings. The second kappa shape index (κ2) is 8.63. The van der Waals surface area contributed by atoms with E-state index in [1.807, 2.05) is 31.2 Å². The van der Waals surface area contributed by atoms with Crippen molar-refractivity contribution in [3.63, 3.8) is 0 Å². The molecule has 0 fully saturated rings. The average molecular weight is 300 g/mol. The Kier molecular flexibility index (Phi) is 7.52. The maximum Gasteiger partial charge on any atom is 0.0765 e. The number of halogens is 1. The fourth-order valence-corrected chi connectivity index (χ4v) is 2.25. The van der Waals surface area contributed by atoms with Gasteiger partial charge in [-0.1, -0.05) is 37.1 Å². The van der Waals surface area contributed by atoms with Crippen LogP contribution in [0.25, 0.3) is 0 Å². The van der Waals surface area contributed by atoms with Gasteiger partial charge in [0.2, 0.25) is 0 Å². The van der Waals surface area contributed by atoms with E-state index in [4.69, 9.17) is 16.3 Å². The van der Waals surface area contributed by atoms with Crippen molar-refractivity contribution in [2.75, 3.05) is 20.3 Å². The monoisotopic (exact) mass is 299 g/mol. The molecule has 0 spiro atoms. The molecule has 0 saturated heterocycles. The van der Waals surface area contributed by atoms with Crippen LogP contribution >= 0.6 is 11.6 Å². The van der Waals surface area contributed by atoms with E-state index in [1.54, 1.807) is 7.11 Å². The second-order valence-electron chi connectivity index (χ2n) is 5.51. The molecule has 2 N–H and O–H groups in total. The first-order valence-electron chi connectivity index (χ1n) is 7.18. The van der Waals surface area contributed by atoms with E-state index in [-0.39, 0.29) is 6.04 Å². The summed E-state index contributed by atoms with van der Waals surface area (Å²) in [6.45, 7) is 5.11. The van der Waals surface area contributed by atoms with Crippen LogP contribution in [-0.2, 0) is 4.74 Å². The van der Waals surface area contributed by atoms with Crippen molar-refractivity contribution in [2.45, 2.75) is 44.8 Å². The molecule has 0 heterocycles. The van der Waals surface area contributed by atoms with Crippen LogP contribution in [0.1, 0.15) is 44.7 Å². The maximum absolute atomic E-state index is 10.3. The highest BCUT2D eigenvalue weighted by Gasteiger charge is 2.21. The lowest BCUT2D eigenvalue weighted by Crippen LogP contribution is -2.40. The zero-order valence-corrected chi connectivity index (χ0v) is 13.4. The quantitative estimate of drug-likeness (QED) is 0.732. The largest absolute Gasteiger partial charge is 0.389 e. The minimum absolute atomic E-state index is 0.242. The maximum atomic E-state index is 10.3. The van der Waals surface area contributed by atoms with Gasteiger partial charge in [0.15, 0.2) is 0 Å². The molecule has 1 aromatic carbocycles. The number of aliphatic hydroxyl groups is 1. The first-order chi connectivity index (χ1) is 9.48. The van der Waals surface area contributed by atoms with Gasteiger partial charge in [0.25, 0.3) is 0 Å². The van der Waals surface area contributed by atoms with E-state index in [0.717, 1.165) is 17.9 Å². The Hall–Kier alpha value is -0.610. The lowest BCUT2D eigenvalue weighted by Gasteiger charge is -2.27. The minimum Gasteiger partial charge on any atom is -0.389 e. The summed E-state index contributed by atoms with van der Waals surface area (Å²) in [5.41, 5.74) is 0.452. The van der Waals surface area contributed by atoms with Crippen LogP contribution in [0.4, 0.5) is 0 Å². The summed E-state index contributed by atoms with van der Waals surface area (Å²) in [6.07, 6.45) is 2.73. The number of nitrogens with one attached hydrogen (secondary N) is 1. The number of hydrogen-bond acceptors (Lipinski definition) is 3. The van der Waals surface area contributed by atoms with Crippen molar-refractivity contribution in [1.82, 2.24) is 5.32 Å². The Bertz CT molecular complexity index is 379. The average Bonchev–Trinajstić information content (AvgIpc) is 2.42. The summed E-state index contributed by atoms with van der Waals surface area (Å²) in [5, 5.41) is 14.5. The van der Waals surface area contributed by atoms with Gasteiger partial charge in [0.05, 0.1) is 5.60 Å². The smallest absolute Gasteiger partial charge is 0.0765 e. The molecule has 0 aromatic heterocycles. The lowest BCUT2D eigenvalue weighted by molar-refractivity contribution is 0.0224. The van der Waals surface area contributed by atoms with Crippen molar-refractivity contribution in [3.8, 4) is 0 Å². The van der Waals surface area contributed by atoms with Crippen molar-refractivity contribution in [3.05, 3.63) is 34.9 Å². The Morgan fingerprint density at radius 2 is 2.00 bits per heavy atom. The van der Waals surface area contributed by atoms with Gasteiger partial charge in [-0.2, -0.15) is 0 Å².